The highest BCUT2D eigenvalue weighted by Gasteiger charge is 2.41. The van der Waals surface area contributed by atoms with Crippen LogP contribution in [0.5, 0.6) is 5.75 Å². The molecule has 0 amide bonds. The fraction of sp³-hybridized carbons (Fsp3) is 0.125. The van der Waals surface area contributed by atoms with Gasteiger partial charge in [-0.25, -0.2) is 17.4 Å². The molecule has 3 aromatic rings. The summed E-state index contributed by atoms with van der Waals surface area (Å²) in [5.41, 5.74) is -1.05. The average Bonchev–Trinajstić information content (AvgIpc) is 3.00. The molecule has 10 heteroatoms. The summed E-state index contributed by atoms with van der Waals surface area (Å²) < 4.78 is 69.7. The van der Waals surface area contributed by atoms with Gasteiger partial charge in [0.05, 0.1) is 17.6 Å². The van der Waals surface area contributed by atoms with Gasteiger partial charge in [0.1, 0.15) is 5.75 Å². The monoisotopic (exact) mass is 384 g/mol. The van der Waals surface area contributed by atoms with Gasteiger partial charge in [-0.3, -0.25) is 4.79 Å². The molecule has 0 radical (unpaired) electrons. The molecular formula is C16H11F3N2O4S. The molecule has 0 N–H and O–H groups in total. The molecule has 0 aliphatic heterocycles. The molecule has 0 aliphatic carbocycles. The predicted molar refractivity (Wildman–Crippen MR) is 85.7 cm³/mol. The zero-order valence-corrected chi connectivity index (χ0v) is 14.0. The van der Waals surface area contributed by atoms with Gasteiger partial charge in [-0.1, -0.05) is 0 Å². The van der Waals surface area contributed by atoms with Crippen LogP contribution in [-0.2, 0) is 10.0 Å². The molecule has 0 spiro atoms. The number of nitrogens with zero attached hydrogens (tertiary/aromatic N) is 2. The minimum Gasteiger partial charge on any atom is -0.497 e. The number of rotatable bonds is 4. The van der Waals surface area contributed by atoms with Gasteiger partial charge in [0.2, 0.25) is 0 Å². The Balaban J connectivity index is 2.23. The summed E-state index contributed by atoms with van der Waals surface area (Å²) in [4.78, 5) is 15.3. The number of pyridine rings is 1. The van der Waals surface area contributed by atoms with Crippen LogP contribution in [0, 0.1) is 0 Å². The summed E-state index contributed by atoms with van der Waals surface area (Å²) in [5, 5.41) is -0.202. The number of benzene rings is 1. The van der Waals surface area contributed by atoms with E-state index >= 15 is 0 Å². The predicted octanol–water partition coefficient (Wildman–Crippen LogP) is 3.03. The van der Waals surface area contributed by atoms with Crippen molar-refractivity contribution in [2.24, 2.45) is 0 Å². The van der Waals surface area contributed by atoms with Crippen LogP contribution < -0.4 is 4.74 Å². The van der Waals surface area contributed by atoms with E-state index in [4.69, 9.17) is 4.74 Å². The smallest absolute Gasteiger partial charge is 0.454 e. The van der Waals surface area contributed by atoms with E-state index in [-0.39, 0.29) is 15.9 Å². The maximum absolute atomic E-state index is 12.8. The first-order valence-corrected chi connectivity index (χ1v) is 8.57. The molecule has 2 heterocycles. The zero-order chi connectivity index (χ0) is 19.1. The number of fused-ring (bicyclic) bond motifs is 1. The molecule has 0 bridgehead atoms. The number of aromatic nitrogens is 2. The topological polar surface area (TPSA) is 78.3 Å². The second-order valence-corrected chi connectivity index (χ2v) is 7.04. The van der Waals surface area contributed by atoms with Crippen molar-refractivity contribution in [3.05, 3.63) is 54.4 Å². The van der Waals surface area contributed by atoms with E-state index in [0.717, 1.165) is 0 Å². The summed E-state index contributed by atoms with van der Waals surface area (Å²) in [6.07, 6.45) is -3.27. The fourth-order valence-corrected chi connectivity index (χ4v) is 3.73. The Bertz CT molecular complexity index is 1090. The lowest BCUT2D eigenvalue weighted by molar-refractivity contribution is -0.0884. The lowest BCUT2D eigenvalue weighted by Crippen LogP contribution is -2.22. The highest BCUT2D eigenvalue weighted by molar-refractivity contribution is 7.90. The van der Waals surface area contributed by atoms with Crippen LogP contribution in [0.25, 0.3) is 11.0 Å². The van der Waals surface area contributed by atoms with Gasteiger partial charge in [-0.05, 0) is 36.4 Å². The van der Waals surface area contributed by atoms with E-state index < -0.39 is 27.5 Å². The Hall–Kier alpha value is -2.88. The summed E-state index contributed by atoms with van der Waals surface area (Å²) >= 11 is 0. The Morgan fingerprint density at radius 2 is 1.81 bits per heavy atom. The van der Waals surface area contributed by atoms with Crippen LogP contribution in [0.1, 0.15) is 10.4 Å². The maximum atomic E-state index is 12.8. The van der Waals surface area contributed by atoms with Gasteiger partial charge < -0.3 is 4.74 Å². The first-order valence-electron chi connectivity index (χ1n) is 7.13. The van der Waals surface area contributed by atoms with Crippen molar-refractivity contribution < 1.29 is 31.1 Å². The Labute approximate surface area is 145 Å². The van der Waals surface area contributed by atoms with E-state index in [1.165, 1.54) is 49.7 Å². The number of hydrogen-bond donors (Lipinski definition) is 0. The van der Waals surface area contributed by atoms with Gasteiger partial charge in [-0.2, -0.15) is 13.2 Å². The first-order chi connectivity index (χ1) is 12.2. The van der Waals surface area contributed by atoms with Crippen molar-refractivity contribution in [3.8, 4) is 5.75 Å². The molecule has 0 unspecified atom stereocenters. The molecule has 3 rings (SSSR count). The average molecular weight is 384 g/mol. The molecular weight excluding hydrogens is 373 g/mol. The van der Waals surface area contributed by atoms with E-state index in [0.29, 0.717) is 15.9 Å². The van der Waals surface area contributed by atoms with Crippen molar-refractivity contribution in [1.82, 2.24) is 8.96 Å². The lowest BCUT2D eigenvalue weighted by atomic mass is 10.1. The van der Waals surface area contributed by atoms with Crippen molar-refractivity contribution in [1.29, 1.82) is 0 Å². The van der Waals surface area contributed by atoms with Crippen LogP contribution >= 0.6 is 0 Å². The lowest BCUT2D eigenvalue weighted by Gasteiger charge is -2.07. The summed E-state index contributed by atoms with van der Waals surface area (Å²) in [7, 11) is -2.87. The van der Waals surface area contributed by atoms with Crippen molar-refractivity contribution >= 4 is 26.8 Å². The van der Waals surface area contributed by atoms with Gasteiger partial charge in [0, 0.05) is 17.8 Å². The Kier molecular flexibility index (Phi) is 4.23. The number of ketones is 1. The van der Waals surface area contributed by atoms with E-state index in [1.54, 1.807) is 0 Å². The largest absolute Gasteiger partial charge is 0.497 e. The number of halogens is 3. The molecule has 0 saturated carbocycles. The van der Waals surface area contributed by atoms with Crippen molar-refractivity contribution in [2.45, 2.75) is 11.1 Å². The van der Waals surface area contributed by atoms with Gasteiger partial charge in [0.25, 0.3) is 15.8 Å². The summed E-state index contributed by atoms with van der Waals surface area (Å²) in [6.45, 7) is 0. The standard InChI is InChI=1S/C16H11F3N2O4S/c1-25-10-4-6-11(7-5-10)26(23,24)21-9-13(14(22)16(17,18)19)12-3-2-8-20-15(12)21/h2-9H,1H3. The normalized spacial score (nSPS) is 12.3. The number of carbonyl (C=O) groups is 1. The molecule has 0 atom stereocenters. The number of hydrogen-bond acceptors (Lipinski definition) is 5. The Morgan fingerprint density at radius 1 is 1.15 bits per heavy atom. The Morgan fingerprint density at radius 3 is 2.38 bits per heavy atom. The molecule has 0 fully saturated rings. The summed E-state index contributed by atoms with van der Waals surface area (Å²) in [6, 6.07) is 7.81. The maximum Gasteiger partial charge on any atom is 0.454 e. The highest BCUT2D eigenvalue weighted by Crippen LogP contribution is 2.30. The third-order valence-electron chi connectivity index (χ3n) is 3.65. The number of Topliss-reactive ketones (excluding diaryl/α,β-unsaturated/α-hetero) is 1. The number of carbonyl (C=O) groups excluding carboxylic acids is 1. The highest BCUT2D eigenvalue weighted by atomic mass is 32.2. The number of methoxy groups -OCH3 is 1. The van der Waals surface area contributed by atoms with Crippen molar-refractivity contribution in [2.75, 3.05) is 7.11 Å². The van der Waals surface area contributed by atoms with Gasteiger partial charge >= 0.3 is 6.18 Å². The molecule has 2 aromatic heterocycles. The van der Waals surface area contributed by atoms with Gasteiger partial charge in [-0.15, -0.1) is 0 Å². The third kappa shape index (κ3) is 2.92. The van der Waals surface area contributed by atoms with Crippen LogP contribution in [0.3, 0.4) is 0 Å². The minimum absolute atomic E-state index is 0.188. The molecule has 1 aromatic carbocycles. The molecule has 136 valence electrons. The summed E-state index contributed by atoms with van der Waals surface area (Å²) in [5.74, 6) is -1.73. The van der Waals surface area contributed by atoms with Crippen LogP contribution in [0.4, 0.5) is 13.2 Å². The van der Waals surface area contributed by atoms with Crippen molar-refractivity contribution in [3.63, 3.8) is 0 Å². The molecule has 6 nitrogen and oxygen atoms in total. The number of alkyl halides is 3. The van der Waals surface area contributed by atoms with Crippen LogP contribution in [0.15, 0.2) is 53.7 Å². The van der Waals surface area contributed by atoms with E-state index in [1.807, 2.05) is 0 Å². The second-order valence-electron chi connectivity index (χ2n) is 5.22. The van der Waals surface area contributed by atoms with Crippen LogP contribution in [-0.4, -0.2) is 36.4 Å². The van der Waals surface area contributed by atoms with E-state index in [9.17, 15) is 26.4 Å². The second kappa shape index (κ2) is 6.13. The molecule has 26 heavy (non-hydrogen) atoms. The zero-order valence-electron chi connectivity index (χ0n) is 13.2. The SMILES string of the molecule is COc1ccc(S(=O)(=O)n2cc(C(=O)C(F)(F)F)c3cccnc32)cc1. The quantitative estimate of drug-likeness (QED) is 0.646. The van der Waals surface area contributed by atoms with E-state index in [2.05, 4.69) is 4.98 Å². The third-order valence-corrected chi connectivity index (χ3v) is 5.31. The molecule has 0 saturated heterocycles. The van der Waals surface area contributed by atoms with Crippen LogP contribution in [0.2, 0.25) is 0 Å². The minimum atomic E-state index is -5.14. The fourth-order valence-electron chi connectivity index (χ4n) is 2.41. The first kappa shape index (κ1) is 17.9. The number of ether oxygens (including phenoxy) is 1. The molecule has 0 aliphatic rings. The van der Waals surface area contributed by atoms with Gasteiger partial charge in [0.15, 0.2) is 5.65 Å².